The first-order valence-corrected chi connectivity index (χ1v) is 6.35. The Labute approximate surface area is 108 Å². The molecule has 1 rings (SSSR count). The summed E-state index contributed by atoms with van der Waals surface area (Å²) in [5.74, 6) is -1.13. The number of piperidine rings is 1. The molecule has 4 N–H and O–H groups in total. The van der Waals surface area contributed by atoms with Gasteiger partial charge >= 0.3 is 5.97 Å². The zero-order chi connectivity index (χ0) is 13.7. The van der Waals surface area contributed by atoms with Gasteiger partial charge in [0.05, 0.1) is 12.5 Å². The van der Waals surface area contributed by atoms with Crippen molar-refractivity contribution in [2.24, 2.45) is 17.6 Å². The molecule has 1 fully saturated rings. The highest BCUT2D eigenvalue weighted by Crippen LogP contribution is 2.17. The fourth-order valence-corrected chi connectivity index (χ4v) is 2.27. The molecule has 1 heterocycles. The van der Waals surface area contributed by atoms with Crippen LogP contribution in [-0.2, 0) is 9.59 Å². The van der Waals surface area contributed by atoms with Crippen LogP contribution in [0.3, 0.4) is 0 Å². The van der Waals surface area contributed by atoms with Crippen molar-refractivity contribution in [3.63, 3.8) is 0 Å². The molecule has 0 bridgehead atoms. The molecule has 1 saturated heterocycles. The normalized spacial score (nSPS) is 25.3. The second kappa shape index (κ2) is 6.70. The van der Waals surface area contributed by atoms with E-state index in [9.17, 15) is 9.59 Å². The maximum absolute atomic E-state index is 11.1. The highest BCUT2D eigenvalue weighted by Gasteiger charge is 2.31. The van der Waals surface area contributed by atoms with Gasteiger partial charge in [0.1, 0.15) is 0 Å². The van der Waals surface area contributed by atoms with Crippen molar-refractivity contribution in [1.29, 1.82) is 0 Å². The number of primary amides is 1. The van der Waals surface area contributed by atoms with Crippen LogP contribution in [0, 0.1) is 11.8 Å². The third-order valence-corrected chi connectivity index (χ3v) is 3.07. The Morgan fingerprint density at radius 1 is 1.44 bits per heavy atom. The van der Waals surface area contributed by atoms with Crippen LogP contribution in [0.15, 0.2) is 0 Å². The zero-order valence-corrected chi connectivity index (χ0v) is 11.1. The number of carboxylic acid groups (broad SMARTS) is 1. The number of likely N-dealkylation sites (tertiary alicyclic amines) is 1. The number of nitrogens with one attached hydrogen (secondary N) is 1. The first-order chi connectivity index (χ1) is 8.38. The molecule has 6 nitrogen and oxygen atoms in total. The second-order valence-electron chi connectivity index (χ2n) is 5.43. The highest BCUT2D eigenvalue weighted by molar-refractivity contribution is 5.76. The van der Waals surface area contributed by atoms with Crippen LogP contribution in [-0.4, -0.2) is 54.1 Å². The number of rotatable bonds is 6. The van der Waals surface area contributed by atoms with Gasteiger partial charge in [-0.05, 0) is 18.9 Å². The van der Waals surface area contributed by atoms with E-state index in [0.29, 0.717) is 25.4 Å². The Bertz CT molecular complexity index is 307. The van der Waals surface area contributed by atoms with Crippen molar-refractivity contribution >= 4 is 11.9 Å². The van der Waals surface area contributed by atoms with Gasteiger partial charge in [0.15, 0.2) is 0 Å². The minimum absolute atomic E-state index is 0.113. The standard InChI is InChI=1S/C12H23N3O3/c1-8(2)4-14-10-3-9(12(17)18)5-15(6-10)7-11(13)16/h8-10,14H,3-7H2,1-2H3,(H2,13,16)(H,17,18). The SMILES string of the molecule is CC(C)CNC1CC(C(=O)O)CN(CC(N)=O)C1. The van der Waals surface area contributed by atoms with Gasteiger partial charge in [-0.3, -0.25) is 14.5 Å². The lowest BCUT2D eigenvalue weighted by Gasteiger charge is -2.36. The number of hydrogen-bond donors (Lipinski definition) is 3. The molecule has 0 aromatic rings. The minimum atomic E-state index is -0.805. The van der Waals surface area contributed by atoms with Gasteiger partial charge < -0.3 is 16.2 Å². The van der Waals surface area contributed by atoms with Crippen molar-refractivity contribution < 1.29 is 14.7 Å². The van der Waals surface area contributed by atoms with E-state index in [2.05, 4.69) is 19.2 Å². The molecule has 0 aromatic heterocycles. The van der Waals surface area contributed by atoms with Crippen molar-refractivity contribution in [3.05, 3.63) is 0 Å². The Hall–Kier alpha value is -1.14. The van der Waals surface area contributed by atoms with Gasteiger partial charge in [0, 0.05) is 19.1 Å². The summed E-state index contributed by atoms with van der Waals surface area (Å²) in [6, 6.07) is 0.113. The van der Waals surface area contributed by atoms with Crippen LogP contribution < -0.4 is 11.1 Å². The quantitative estimate of drug-likeness (QED) is 0.596. The Kier molecular flexibility index (Phi) is 5.55. The summed E-state index contributed by atoms with van der Waals surface area (Å²) in [6.45, 7) is 6.26. The molecular formula is C12H23N3O3. The van der Waals surface area contributed by atoms with E-state index in [1.807, 2.05) is 4.90 Å². The van der Waals surface area contributed by atoms with Gasteiger partial charge in [-0.1, -0.05) is 13.8 Å². The number of nitrogens with two attached hydrogens (primary N) is 1. The molecule has 104 valence electrons. The molecule has 2 unspecified atom stereocenters. The predicted molar refractivity (Wildman–Crippen MR) is 68.0 cm³/mol. The maximum Gasteiger partial charge on any atom is 0.307 e. The van der Waals surface area contributed by atoms with Gasteiger partial charge in [0.25, 0.3) is 0 Å². The molecule has 1 aliphatic heterocycles. The molecule has 1 aliphatic rings. The topological polar surface area (TPSA) is 95.7 Å². The number of carbonyl (C=O) groups is 2. The average molecular weight is 257 g/mol. The van der Waals surface area contributed by atoms with E-state index in [0.717, 1.165) is 6.54 Å². The Morgan fingerprint density at radius 3 is 2.61 bits per heavy atom. The average Bonchev–Trinajstić information content (AvgIpc) is 2.25. The van der Waals surface area contributed by atoms with Crippen LogP contribution >= 0.6 is 0 Å². The van der Waals surface area contributed by atoms with Crippen molar-refractivity contribution in [2.75, 3.05) is 26.2 Å². The molecule has 0 aliphatic carbocycles. The fraction of sp³-hybridized carbons (Fsp3) is 0.833. The molecule has 0 saturated carbocycles. The third kappa shape index (κ3) is 5.01. The number of nitrogens with zero attached hydrogens (tertiary/aromatic N) is 1. The zero-order valence-electron chi connectivity index (χ0n) is 11.1. The first kappa shape index (κ1) is 14.9. The van der Waals surface area contributed by atoms with Gasteiger partial charge in [0.2, 0.25) is 5.91 Å². The van der Waals surface area contributed by atoms with Crippen molar-refractivity contribution in [3.8, 4) is 0 Å². The number of carboxylic acids is 1. The molecule has 18 heavy (non-hydrogen) atoms. The lowest BCUT2D eigenvalue weighted by Crippen LogP contribution is -2.53. The van der Waals surface area contributed by atoms with E-state index in [-0.39, 0.29) is 12.6 Å². The van der Waals surface area contributed by atoms with Crippen LogP contribution in [0.5, 0.6) is 0 Å². The van der Waals surface area contributed by atoms with Crippen molar-refractivity contribution in [2.45, 2.75) is 26.3 Å². The summed E-state index contributed by atoms with van der Waals surface area (Å²) in [4.78, 5) is 23.9. The number of amides is 1. The lowest BCUT2D eigenvalue weighted by molar-refractivity contribution is -0.144. The van der Waals surface area contributed by atoms with E-state index in [1.165, 1.54) is 0 Å². The first-order valence-electron chi connectivity index (χ1n) is 6.35. The predicted octanol–water partition coefficient (Wildman–Crippen LogP) is -0.508. The molecule has 2 atom stereocenters. The van der Waals surface area contributed by atoms with Gasteiger partial charge in [-0.2, -0.15) is 0 Å². The molecule has 0 spiro atoms. The largest absolute Gasteiger partial charge is 0.481 e. The third-order valence-electron chi connectivity index (χ3n) is 3.07. The molecular weight excluding hydrogens is 234 g/mol. The van der Waals surface area contributed by atoms with Crippen LogP contribution in [0.2, 0.25) is 0 Å². The van der Waals surface area contributed by atoms with Crippen LogP contribution in [0.1, 0.15) is 20.3 Å². The monoisotopic (exact) mass is 257 g/mol. The van der Waals surface area contributed by atoms with Crippen LogP contribution in [0.4, 0.5) is 0 Å². The highest BCUT2D eigenvalue weighted by atomic mass is 16.4. The van der Waals surface area contributed by atoms with E-state index >= 15 is 0 Å². The fourth-order valence-electron chi connectivity index (χ4n) is 2.27. The van der Waals surface area contributed by atoms with Gasteiger partial charge in [-0.25, -0.2) is 0 Å². The molecule has 0 aromatic carbocycles. The minimum Gasteiger partial charge on any atom is -0.481 e. The summed E-state index contributed by atoms with van der Waals surface area (Å²) in [7, 11) is 0. The molecule has 0 radical (unpaired) electrons. The smallest absolute Gasteiger partial charge is 0.307 e. The Balaban J connectivity index is 2.56. The van der Waals surface area contributed by atoms with E-state index in [1.54, 1.807) is 0 Å². The van der Waals surface area contributed by atoms with E-state index in [4.69, 9.17) is 10.8 Å². The summed E-state index contributed by atoms with van der Waals surface area (Å²) >= 11 is 0. The molecule has 1 amide bonds. The van der Waals surface area contributed by atoms with Crippen molar-refractivity contribution in [1.82, 2.24) is 10.2 Å². The van der Waals surface area contributed by atoms with E-state index < -0.39 is 17.8 Å². The summed E-state index contributed by atoms with van der Waals surface area (Å²) < 4.78 is 0. The second-order valence-corrected chi connectivity index (χ2v) is 5.43. The summed E-state index contributed by atoms with van der Waals surface area (Å²) in [5.41, 5.74) is 5.16. The maximum atomic E-state index is 11.1. The Morgan fingerprint density at radius 2 is 2.11 bits per heavy atom. The number of hydrogen-bond acceptors (Lipinski definition) is 4. The molecule has 6 heteroatoms. The number of aliphatic carboxylic acids is 1. The van der Waals surface area contributed by atoms with Gasteiger partial charge in [-0.15, -0.1) is 0 Å². The number of carbonyl (C=O) groups excluding carboxylic acids is 1. The summed E-state index contributed by atoms with van der Waals surface area (Å²) in [5, 5.41) is 12.5. The van der Waals surface area contributed by atoms with Crippen LogP contribution in [0.25, 0.3) is 0 Å². The summed E-state index contributed by atoms with van der Waals surface area (Å²) in [6.07, 6.45) is 0.608. The lowest BCUT2D eigenvalue weighted by atomic mass is 9.94.